The molecule has 0 saturated carbocycles. The molecular weight excluding hydrogens is 262 g/mol. The lowest BCUT2D eigenvalue weighted by Gasteiger charge is -2.17. The molecule has 0 rings (SSSR count). The molecule has 0 aliphatic rings. The van der Waals surface area contributed by atoms with Crippen molar-refractivity contribution in [2.45, 2.75) is 25.1 Å². The van der Waals surface area contributed by atoms with E-state index in [1.807, 2.05) is 0 Å². The molecule has 104 valence electrons. The Morgan fingerprint density at radius 3 is 1.83 bits per heavy atom. The van der Waals surface area contributed by atoms with Crippen molar-refractivity contribution in [3.63, 3.8) is 0 Å². The smallest absolute Gasteiger partial charge is 0.327 e. The maximum absolute atomic E-state index is 10.7. The Kier molecular flexibility index (Phi) is 8.75. The van der Waals surface area contributed by atoms with Crippen LogP contribution in [0.15, 0.2) is 25.3 Å². The van der Waals surface area contributed by atoms with E-state index in [0.29, 0.717) is 0 Å². The highest BCUT2D eigenvalue weighted by atomic mass is 32.2. The van der Waals surface area contributed by atoms with Crippen LogP contribution in [0.4, 0.5) is 0 Å². The summed E-state index contributed by atoms with van der Waals surface area (Å²) < 4.78 is 29.9. The Morgan fingerprint density at radius 2 is 1.61 bits per heavy atom. The molecule has 8 heteroatoms. The Balaban J connectivity index is 0. The third-order valence-corrected chi connectivity index (χ3v) is 3.25. The number of carbonyl (C=O) groups excluding carboxylic acids is 1. The van der Waals surface area contributed by atoms with Gasteiger partial charge in [-0.2, -0.15) is 8.42 Å². The van der Waals surface area contributed by atoms with Crippen molar-refractivity contribution in [1.82, 2.24) is 5.32 Å². The normalized spacial score (nSPS) is 13.3. The molecule has 0 aliphatic carbocycles. The van der Waals surface area contributed by atoms with Gasteiger partial charge >= 0.3 is 5.97 Å². The van der Waals surface area contributed by atoms with Gasteiger partial charge in [-0.25, -0.2) is 4.79 Å². The highest BCUT2D eigenvalue weighted by molar-refractivity contribution is 7.86. The second-order valence-corrected chi connectivity index (χ2v) is 5.04. The van der Waals surface area contributed by atoms with E-state index >= 15 is 0 Å². The number of aliphatic carboxylic acids is 1. The third kappa shape index (κ3) is 9.55. The summed E-state index contributed by atoms with van der Waals surface area (Å²) in [5.41, 5.74) is 0. The fourth-order valence-corrected chi connectivity index (χ4v) is 1.24. The highest BCUT2D eigenvalue weighted by Gasteiger charge is 2.24. The van der Waals surface area contributed by atoms with E-state index in [4.69, 9.17) is 9.66 Å². The number of nitrogens with one attached hydrogen (secondary N) is 1. The molecule has 0 aromatic carbocycles. The topological polar surface area (TPSA) is 121 Å². The summed E-state index contributed by atoms with van der Waals surface area (Å²) in [5, 5.41) is 8.91. The lowest BCUT2D eigenvalue weighted by Crippen LogP contribution is -2.42. The second kappa shape index (κ2) is 8.43. The van der Waals surface area contributed by atoms with Crippen molar-refractivity contribution in [3.05, 3.63) is 25.3 Å². The first-order valence-electron chi connectivity index (χ1n) is 4.80. The van der Waals surface area contributed by atoms with Crippen LogP contribution in [-0.4, -0.2) is 41.2 Å². The average Bonchev–Trinajstić information content (AvgIpc) is 2.27. The second-order valence-electron chi connectivity index (χ2n) is 3.26. The third-order valence-electron chi connectivity index (χ3n) is 1.90. The molecule has 1 amide bonds. The zero-order valence-corrected chi connectivity index (χ0v) is 11.0. The van der Waals surface area contributed by atoms with Gasteiger partial charge in [-0.15, -0.1) is 0 Å². The van der Waals surface area contributed by atoms with Gasteiger partial charge in [0.1, 0.15) is 5.25 Å². The van der Waals surface area contributed by atoms with Gasteiger partial charge in [0.05, 0.1) is 0 Å². The van der Waals surface area contributed by atoms with Gasteiger partial charge in [0.25, 0.3) is 10.1 Å². The van der Waals surface area contributed by atoms with Gasteiger partial charge in [-0.1, -0.05) is 13.2 Å². The van der Waals surface area contributed by atoms with E-state index in [2.05, 4.69) is 18.5 Å². The van der Waals surface area contributed by atoms with Gasteiger partial charge < -0.3 is 10.4 Å². The zero-order valence-electron chi connectivity index (χ0n) is 10.2. The number of hydrogen-bond donors (Lipinski definition) is 3. The molecule has 0 heterocycles. The van der Waals surface area contributed by atoms with Crippen LogP contribution in [0.3, 0.4) is 0 Å². The first kappa shape index (κ1) is 18.7. The lowest BCUT2D eigenvalue weighted by atomic mass is 10.2. The van der Waals surface area contributed by atoms with Gasteiger partial charge in [-0.05, 0) is 19.9 Å². The molecule has 18 heavy (non-hydrogen) atoms. The van der Waals surface area contributed by atoms with Crippen LogP contribution in [-0.2, 0) is 19.7 Å². The van der Waals surface area contributed by atoms with Crippen molar-refractivity contribution in [2.24, 2.45) is 0 Å². The fraction of sp³-hybridized carbons (Fsp3) is 0.400. The summed E-state index contributed by atoms with van der Waals surface area (Å²) in [4.78, 5) is 20.0. The standard InChI is InChI=1S/C7H13NO4S.C3H4O2/c1-4-7(9)8-5(2)6(3)13(10,11)12;1-2-3(4)5/h4-6H,1H2,2-3H3,(H,8,9)(H,10,11,12);2H,1H2,(H,4,5). The van der Waals surface area contributed by atoms with Crippen LogP contribution in [0.25, 0.3) is 0 Å². The van der Waals surface area contributed by atoms with Crippen molar-refractivity contribution in [2.75, 3.05) is 0 Å². The maximum atomic E-state index is 10.7. The molecule has 0 aromatic heterocycles. The van der Waals surface area contributed by atoms with Crippen LogP contribution >= 0.6 is 0 Å². The van der Waals surface area contributed by atoms with E-state index in [0.717, 1.165) is 12.2 Å². The van der Waals surface area contributed by atoms with Gasteiger partial charge in [0, 0.05) is 12.1 Å². The van der Waals surface area contributed by atoms with Crippen molar-refractivity contribution in [3.8, 4) is 0 Å². The summed E-state index contributed by atoms with van der Waals surface area (Å²) in [5.74, 6) is -1.45. The largest absolute Gasteiger partial charge is 0.478 e. The van der Waals surface area contributed by atoms with E-state index in [1.165, 1.54) is 13.8 Å². The first-order valence-corrected chi connectivity index (χ1v) is 6.31. The van der Waals surface area contributed by atoms with Crippen LogP contribution in [0.5, 0.6) is 0 Å². The quantitative estimate of drug-likeness (QED) is 0.488. The highest BCUT2D eigenvalue weighted by Crippen LogP contribution is 2.03. The molecule has 0 aliphatic heterocycles. The van der Waals surface area contributed by atoms with Gasteiger partial charge in [0.15, 0.2) is 0 Å². The first-order chi connectivity index (χ1) is 8.06. The minimum Gasteiger partial charge on any atom is -0.478 e. The predicted octanol–water partition coefficient (Wildman–Crippen LogP) is 0.210. The summed E-state index contributed by atoms with van der Waals surface area (Å²) in [7, 11) is -4.10. The van der Waals surface area contributed by atoms with Crippen molar-refractivity contribution >= 4 is 22.0 Å². The van der Waals surface area contributed by atoms with Crippen LogP contribution in [0, 0.1) is 0 Å². The number of hydrogen-bond acceptors (Lipinski definition) is 4. The van der Waals surface area contributed by atoms with Crippen LogP contribution in [0.2, 0.25) is 0 Å². The van der Waals surface area contributed by atoms with Crippen molar-refractivity contribution < 1.29 is 27.7 Å². The summed E-state index contributed by atoms with van der Waals surface area (Å²) in [6.45, 7) is 8.97. The number of amides is 1. The molecule has 2 unspecified atom stereocenters. The molecule has 2 atom stereocenters. The maximum Gasteiger partial charge on any atom is 0.327 e. The molecule has 7 nitrogen and oxygen atoms in total. The fourth-order valence-electron chi connectivity index (χ4n) is 0.659. The molecule has 0 aromatic rings. The van der Waals surface area contributed by atoms with E-state index in [1.54, 1.807) is 0 Å². The van der Waals surface area contributed by atoms with E-state index in [-0.39, 0.29) is 0 Å². The monoisotopic (exact) mass is 279 g/mol. The molecule has 0 fully saturated rings. The Labute approximate surface area is 106 Å². The van der Waals surface area contributed by atoms with Crippen LogP contribution in [0.1, 0.15) is 13.8 Å². The molecular formula is C10H17NO6S. The van der Waals surface area contributed by atoms with Crippen LogP contribution < -0.4 is 5.32 Å². The molecule has 0 spiro atoms. The number of carbonyl (C=O) groups is 2. The number of carboxylic acids is 1. The molecule has 3 N–H and O–H groups in total. The Hall–Kier alpha value is -1.67. The predicted molar refractivity (Wildman–Crippen MR) is 66.6 cm³/mol. The lowest BCUT2D eigenvalue weighted by molar-refractivity contribution is -0.131. The van der Waals surface area contributed by atoms with Crippen molar-refractivity contribution in [1.29, 1.82) is 0 Å². The summed E-state index contributed by atoms with van der Waals surface area (Å²) in [6, 6.07) is -0.652. The molecule has 0 saturated heterocycles. The van der Waals surface area contributed by atoms with E-state index in [9.17, 15) is 18.0 Å². The summed E-state index contributed by atoms with van der Waals surface area (Å²) in [6.07, 6.45) is 1.87. The zero-order chi connectivity index (χ0) is 14.9. The number of carboxylic acid groups (broad SMARTS) is 1. The minimum absolute atomic E-state index is 0.469. The SMILES string of the molecule is C=CC(=O)NC(C)C(C)S(=O)(=O)O.C=CC(=O)O. The Bertz CT molecular complexity index is 414. The van der Waals surface area contributed by atoms with Gasteiger partial charge in [-0.3, -0.25) is 9.35 Å². The van der Waals surface area contributed by atoms with Gasteiger partial charge in [0.2, 0.25) is 5.91 Å². The number of rotatable bonds is 5. The molecule has 0 radical (unpaired) electrons. The Morgan fingerprint density at radius 1 is 1.22 bits per heavy atom. The average molecular weight is 279 g/mol. The minimum atomic E-state index is -4.10. The summed E-state index contributed by atoms with van der Waals surface area (Å²) >= 11 is 0. The molecule has 0 bridgehead atoms. The van der Waals surface area contributed by atoms with E-state index < -0.39 is 33.3 Å².